The molecule has 18 heavy (non-hydrogen) atoms. The molecule has 0 aromatic carbocycles. The van der Waals surface area contributed by atoms with E-state index >= 15 is 0 Å². The third kappa shape index (κ3) is 16.4. The fraction of sp³-hybridized carbons (Fsp3) is 1.00. The first-order chi connectivity index (χ1) is 8.56. The van der Waals surface area contributed by atoms with E-state index in [1.165, 1.54) is 83.2 Å². The van der Waals surface area contributed by atoms with Crippen LogP contribution >= 0.6 is 7.26 Å². The van der Waals surface area contributed by atoms with Gasteiger partial charge in [-0.3, -0.25) is 0 Å². The molecular weight excluding hydrogens is 235 g/mol. The summed E-state index contributed by atoms with van der Waals surface area (Å²) in [7, 11) is -0.755. The Kier molecular flexibility index (Phi) is 12.8. The third-order valence-electron chi connectivity index (χ3n) is 3.78. The number of hydrogen-bond acceptors (Lipinski definition) is 0. The molecule has 0 amide bonds. The van der Waals surface area contributed by atoms with Crippen molar-refractivity contribution < 1.29 is 0 Å². The SMILES string of the molecule is CCCCCCCCCCCCCC[PH](C)(C)C. The first-order valence-electron chi connectivity index (χ1n) is 8.56. The van der Waals surface area contributed by atoms with Gasteiger partial charge in [0.25, 0.3) is 0 Å². The van der Waals surface area contributed by atoms with Gasteiger partial charge in [-0.05, 0) is 0 Å². The van der Waals surface area contributed by atoms with Gasteiger partial charge >= 0.3 is 104 Å². The van der Waals surface area contributed by atoms with E-state index in [-0.39, 0.29) is 0 Å². The van der Waals surface area contributed by atoms with Gasteiger partial charge in [0.2, 0.25) is 0 Å². The number of unbranched alkanes of at least 4 members (excludes halogenated alkanes) is 11. The number of hydrogen-bond donors (Lipinski definition) is 0. The van der Waals surface area contributed by atoms with Gasteiger partial charge < -0.3 is 0 Å². The van der Waals surface area contributed by atoms with Crippen molar-refractivity contribution in [1.29, 1.82) is 0 Å². The van der Waals surface area contributed by atoms with Crippen LogP contribution in [0.5, 0.6) is 0 Å². The molecule has 0 spiro atoms. The second kappa shape index (κ2) is 12.5. The van der Waals surface area contributed by atoms with Crippen molar-refractivity contribution in [2.24, 2.45) is 0 Å². The Morgan fingerprint density at radius 1 is 0.500 bits per heavy atom. The van der Waals surface area contributed by atoms with Gasteiger partial charge in [0.1, 0.15) is 0 Å². The average Bonchev–Trinajstić information content (AvgIpc) is 2.29. The molecule has 0 rings (SSSR count). The van der Waals surface area contributed by atoms with Crippen molar-refractivity contribution in [1.82, 2.24) is 0 Å². The molecule has 1 heteroatoms. The molecule has 0 atom stereocenters. The summed E-state index contributed by atoms with van der Waals surface area (Å²) in [4.78, 5) is 0. The minimum absolute atomic E-state index is 0.755. The Bertz CT molecular complexity index is 157. The van der Waals surface area contributed by atoms with E-state index in [1.54, 1.807) is 0 Å². The second-order valence-electron chi connectivity index (χ2n) is 7.20. The van der Waals surface area contributed by atoms with Gasteiger partial charge in [-0.25, -0.2) is 0 Å². The molecule has 0 aliphatic rings. The molecule has 0 radical (unpaired) electrons. The minimum atomic E-state index is -0.755. The third-order valence-corrected chi connectivity index (χ3v) is 5.63. The fourth-order valence-corrected chi connectivity index (χ4v) is 3.81. The maximum atomic E-state index is 2.49. The van der Waals surface area contributed by atoms with Crippen LogP contribution in [0.4, 0.5) is 0 Å². The summed E-state index contributed by atoms with van der Waals surface area (Å²) >= 11 is 0. The average molecular weight is 274 g/mol. The van der Waals surface area contributed by atoms with Crippen LogP contribution < -0.4 is 0 Å². The first-order valence-corrected chi connectivity index (χ1v) is 12.3. The molecule has 0 saturated heterocycles. The van der Waals surface area contributed by atoms with Crippen LogP contribution in [-0.4, -0.2) is 26.2 Å². The van der Waals surface area contributed by atoms with Crippen LogP contribution in [0.25, 0.3) is 0 Å². The van der Waals surface area contributed by atoms with Gasteiger partial charge in [-0.1, -0.05) is 13.3 Å². The maximum absolute atomic E-state index is 2.49. The van der Waals surface area contributed by atoms with E-state index in [4.69, 9.17) is 0 Å². The molecule has 0 aromatic rings. The first kappa shape index (κ1) is 18.4. The van der Waals surface area contributed by atoms with E-state index < -0.39 is 7.26 Å². The normalized spacial score (nSPS) is 12.9. The Morgan fingerprint density at radius 3 is 1.17 bits per heavy atom. The molecule has 0 nitrogen and oxygen atoms in total. The monoisotopic (exact) mass is 274 g/mol. The zero-order valence-electron chi connectivity index (χ0n) is 13.7. The zero-order valence-corrected chi connectivity index (χ0v) is 14.7. The summed E-state index contributed by atoms with van der Waals surface area (Å²) < 4.78 is 0. The Balaban J connectivity index is 2.99. The summed E-state index contributed by atoms with van der Waals surface area (Å²) in [5, 5.41) is 0. The zero-order chi connectivity index (χ0) is 13.7. The summed E-state index contributed by atoms with van der Waals surface area (Å²) in [6.07, 6.45) is 19.2. The van der Waals surface area contributed by atoms with E-state index in [9.17, 15) is 0 Å². The summed E-state index contributed by atoms with van der Waals surface area (Å²) in [6, 6.07) is 0. The molecule has 0 N–H and O–H groups in total. The predicted octanol–water partition coefficient (Wildman–Crippen LogP) is 6.33. The van der Waals surface area contributed by atoms with Crippen LogP contribution in [0.1, 0.15) is 84.0 Å². The van der Waals surface area contributed by atoms with Gasteiger partial charge in [0.05, 0.1) is 0 Å². The molecule has 0 aromatic heterocycles. The standard InChI is InChI=1S/C17H39P/c1-5-6-7-8-9-10-11-12-13-14-15-16-17-18(2,3)4/h18H,5-17H2,1-4H3. The molecule has 0 bridgehead atoms. The Labute approximate surface area is 118 Å². The summed E-state index contributed by atoms with van der Waals surface area (Å²) in [6.45, 7) is 9.77. The van der Waals surface area contributed by atoms with Crippen molar-refractivity contribution >= 4 is 7.26 Å². The molecule has 0 saturated carbocycles. The Hall–Kier alpha value is 0.430. The van der Waals surface area contributed by atoms with Crippen molar-refractivity contribution in [3.63, 3.8) is 0 Å². The van der Waals surface area contributed by atoms with Crippen LogP contribution in [0, 0.1) is 0 Å². The van der Waals surface area contributed by atoms with Crippen LogP contribution in [0.2, 0.25) is 0 Å². The topological polar surface area (TPSA) is 0 Å². The van der Waals surface area contributed by atoms with Crippen LogP contribution in [-0.2, 0) is 0 Å². The van der Waals surface area contributed by atoms with Crippen molar-refractivity contribution in [2.45, 2.75) is 84.0 Å². The van der Waals surface area contributed by atoms with E-state index in [2.05, 4.69) is 26.9 Å². The van der Waals surface area contributed by atoms with Crippen LogP contribution in [0.15, 0.2) is 0 Å². The van der Waals surface area contributed by atoms with E-state index in [0.29, 0.717) is 0 Å². The molecule has 0 aliphatic carbocycles. The molecule has 0 fully saturated rings. The number of rotatable bonds is 13. The molecule has 0 unspecified atom stereocenters. The molecule has 0 heterocycles. The van der Waals surface area contributed by atoms with Gasteiger partial charge in [-0.15, -0.1) is 0 Å². The fourth-order valence-electron chi connectivity index (χ4n) is 2.50. The quantitative estimate of drug-likeness (QED) is 0.272. The molecular formula is C17H39P. The van der Waals surface area contributed by atoms with E-state index in [0.717, 1.165) is 0 Å². The van der Waals surface area contributed by atoms with Gasteiger partial charge in [0, 0.05) is 0 Å². The molecule has 112 valence electrons. The Morgan fingerprint density at radius 2 is 0.833 bits per heavy atom. The van der Waals surface area contributed by atoms with Gasteiger partial charge in [0.15, 0.2) is 0 Å². The summed E-state index contributed by atoms with van der Waals surface area (Å²) in [5.41, 5.74) is 0. The van der Waals surface area contributed by atoms with Gasteiger partial charge in [-0.2, -0.15) is 0 Å². The van der Waals surface area contributed by atoms with E-state index in [1.807, 2.05) is 0 Å². The second-order valence-corrected chi connectivity index (χ2v) is 12.8. The van der Waals surface area contributed by atoms with Crippen molar-refractivity contribution in [2.75, 3.05) is 26.2 Å². The summed E-state index contributed by atoms with van der Waals surface area (Å²) in [5.74, 6) is 0. The predicted molar refractivity (Wildman–Crippen MR) is 92.0 cm³/mol. The van der Waals surface area contributed by atoms with Crippen molar-refractivity contribution in [3.05, 3.63) is 0 Å². The van der Waals surface area contributed by atoms with Crippen molar-refractivity contribution in [3.8, 4) is 0 Å². The van der Waals surface area contributed by atoms with Crippen LogP contribution in [0.3, 0.4) is 0 Å². The molecule has 0 aliphatic heterocycles.